The topological polar surface area (TPSA) is 71.8 Å². The van der Waals surface area contributed by atoms with Crippen LogP contribution in [-0.4, -0.2) is 34.3 Å². The molecule has 2 N–H and O–H groups in total. The molecule has 2 aromatic rings. The van der Waals surface area contributed by atoms with Crippen molar-refractivity contribution in [2.24, 2.45) is 7.05 Å². The van der Waals surface area contributed by atoms with E-state index in [1.165, 1.54) is 0 Å². The second kappa shape index (κ2) is 6.88. The van der Waals surface area contributed by atoms with Crippen molar-refractivity contribution >= 4 is 11.7 Å². The highest BCUT2D eigenvalue weighted by Crippen LogP contribution is 2.10. The quantitative estimate of drug-likeness (QED) is 0.842. The van der Waals surface area contributed by atoms with Crippen LogP contribution in [0.25, 0.3) is 0 Å². The maximum atomic E-state index is 12.2. The molecule has 0 fully saturated rings. The largest absolute Gasteiger partial charge is 0.373 e. The molecule has 6 nitrogen and oxygen atoms in total. The number of rotatable bonds is 6. The van der Waals surface area contributed by atoms with Crippen molar-refractivity contribution in [2.45, 2.75) is 19.8 Å². The number of carbonyl (C=O) groups is 1. The fourth-order valence-corrected chi connectivity index (χ4v) is 2.05. The van der Waals surface area contributed by atoms with Gasteiger partial charge in [0.15, 0.2) is 0 Å². The van der Waals surface area contributed by atoms with E-state index >= 15 is 0 Å². The summed E-state index contributed by atoms with van der Waals surface area (Å²) in [5, 5.41) is 10.0. The number of anilines is 1. The van der Waals surface area contributed by atoms with Crippen molar-refractivity contribution in [3.8, 4) is 0 Å². The molecule has 2 heterocycles. The zero-order valence-electron chi connectivity index (χ0n) is 12.7. The lowest BCUT2D eigenvalue weighted by Crippen LogP contribution is -2.26. The molecule has 112 valence electrons. The highest BCUT2D eigenvalue weighted by atomic mass is 16.1. The predicted octanol–water partition coefficient (Wildman–Crippen LogP) is 1.39. The summed E-state index contributed by atoms with van der Waals surface area (Å²) in [4.78, 5) is 16.6. The van der Waals surface area contributed by atoms with Crippen LogP contribution in [0.3, 0.4) is 0 Å². The molecule has 0 radical (unpaired) electrons. The molecule has 0 aromatic carbocycles. The molecule has 2 rings (SSSR count). The summed E-state index contributed by atoms with van der Waals surface area (Å²) in [7, 11) is 3.68. The van der Waals surface area contributed by atoms with Gasteiger partial charge in [-0.3, -0.25) is 9.48 Å². The number of carbonyl (C=O) groups excluding carboxylic acids is 1. The van der Waals surface area contributed by atoms with Gasteiger partial charge in [-0.15, -0.1) is 0 Å². The van der Waals surface area contributed by atoms with Crippen LogP contribution in [0.5, 0.6) is 0 Å². The fraction of sp³-hybridized carbons (Fsp3) is 0.400. The molecule has 0 saturated heterocycles. The number of hydrogen-bond acceptors (Lipinski definition) is 4. The number of aryl methyl sites for hydroxylation is 2. The van der Waals surface area contributed by atoms with Crippen LogP contribution in [0.2, 0.25) is 0 Å². The molecule has 0 aliphatic carbocycles. The Hall–Kier alpha value is -2.37. The number of amides is 1. The van der Waals surface area contributed by atoms with Gasteiger partial charge in [-0.05, 0) is 30.5 Å². The molecule has 2 aromatic heterocycles. The van der Waals surface area contributed by atoms with Gasteiger partial charge >= 0.3 is 0 Å². The number of hydrogen-bond donors (Lipinski definition) is 2. The van der Waals surface area contributed by atoms with Crippen LogP contribution in [-0.2, 0) is 19.9 Å². The van der Waals surface area contributed by atoms with Crippen LogP contribution < -0.4 is 10.6 Å². The van der Waals surface area contributed by atoms with Crippen molar-refractivity contribution in [1.82, 2.24) is 20.1 Å². The summed E-state index contributed by atoms with van der Waals surface area (Å²) in [5.41, 5.74) is 2.65. The zero-order chi connectivity index (χ0) is 15.2. The van der Waals surface area contributed by atoms with Gasteiger partial charge in [-0.2, -0.15) is 5.10 Å². The maximum absolute atomic E-state index is 12.2. The van der Waals surface area contributed by atoms with Gasteiger partial charge in [0.2, 0.25) is 0 Å². The van der Waals surface area contributed by atoms with E-state index in [0.29, 0.717) is 17.9 Å². The molecule has 0 aliphatic heterocycles. The lowest BCUT2D eigenvalue weighted by molar-refractivity contribution is 0.0954. The van der Waals surface area contributed by atoms with E-state index in [2.05, 4.69) is 20.7 Å². The van der Waals surface area contributed by atoms with Gasteiger partial charge in [0.1, 0.15) is 5.82 Å². The molecule has 0 bridgehead atoms. The summed E-state index contributed by atoms with van der Waals surface area (Å²) in [6, 6.07) is 3.60. The summed E-state index contributed by atoms with van der Waals surface area (Å²) >= 11 is 0. The molecular formula is C15H21N5O. The lowest BCUT2D eigenvalue weighted by Gasteiger charge is -2.08. The van der Waals surface area contributed by atoms with E-state index in [1.54, 1.807) is 17.8 Å². The van der Waals surface area contributed by atoms with Crippen LogP contribution in [0.1, 0.15) is 28.5 Å². The molecular weight excluding hydrogens is 266 g/mol. The number of nitrogens with one attached hydrogen (secondary N) is 2. The average molecular weight is 287 g/mol. The summed E-state index contributed by atoms with van der Waals surface area (Å²) in [6.07, 6.45) is 5.33. The Morgan fingerprint density at radius 2 is 2.19 bits per heavy atom. The summed E-state index contributed by atoms with van der Waals surface area (Å²) in [6.45, 7) is 2.61. The minimum atomic E-state index is -0.0764. The normalized spacial score (nSPS) is 10.4. The van der Waals surface area contributed by atoms with E-state index in [1.807, 2.05) is 32.4 Å². The highest BCUT2D eigenvalue weighted by Gasteiger charge is 2.09. The third-order valence-electron chi connectivity index (χ3n) is 3.22. The van der Waals surface area contributed by atoms with Crippen LogP contribution in [0.4, 0.5) is 5.82 Å². The standard InChI is InChI=1S/C15H21N5O/c1-4-13-7-12(8-14(16-2)19-13)15(21)17-6-5-11-9-18-20(3)10-11/h7-10H,4-6H2,1-3H3,(H,16,19)(H,17,21). The number of aromatic nitrogens is 3. The van der Waals surface area contributed by atoms with E-state index in [0.717, 1.165) is 24.1 Å². The highest BCUT2D eigenvalue weighted by molar-refractivity contribution is 5.95. The predicted molar refractivity (Wildman–Crippen MR) is 82.4 cm³/mol. The molecule has 1 amide bonds. The maximum Gasteiger partial charge on any atom is 0.251 e. The zero-order valence-corrected chi connectivity index (χ0v) is 12.7. The minimum Gasteiger partial charge on any atom is -0.373 e. The number of pyridine rings is 1. The smallest absolute Gasteiger partial charge is 0.251 e. The monoisotopic (exact) mass is 287 g/mol. The first-order valence-electron chi connectivity index (χ1n) is 7.06. The first-order chi connectivity index (χ1) is 10.1. The molecule has 0 atom stereocenters. The third kappa shape index (κ3) is 4.05. The molecule has 0 unspecified atom stereocenters. The summed E-state index contributed by atoms with van der Waals surface area (Å²) < 4.78 is 1.76. The van der Waals surface area contributed by atoms with Crippen molar-refractivity contribution in [2.75, 3.05) is 18.9 Å². The first-order valence-corrected chi connectivity index (χ1v) is 7.06. The second-order valence-electron chi connectivity index (χ2n) is 4.86. The second-order valence-corrected chi connectivity index (χ2v) is 4.86. The Morgan fingerprint density at radius 1 is 1.38 bits per heavy atom. The average Bonchev–Trinajstić information content (AvgIpc) is 2.92. The van der Waals surface area contributed by atoms with Gasteiger partial charge < -0.3 is 10.6 Å². The third-order valence-corrected chi connectivity index (χ3v) is 3.22. The Bertz CT molecular complexity index is 598. The SMILES string of the molecule is CCc1cc(C(=O)NCCc2cnn(C)c2)cc(NC)n1. The van der Waals surface area contributed by atoms with Gasteiger partial charge in [0.25, 0.3) is 5.91 Å². The van der Waals surface area contributed by atoms with Crippen LogP contribution >= 0.6 is 0 Å². The fourth-order valence-electron chi connectivity index (χ4n) is 2.05. The Balaban J connectivity index is 1.96. The summed E-state index contributed by atoms with van der Waals surface area (Å²) in [5.74, 6) is 0.638. The lowest BCUT2D eigenvalue weighted by atomic mass is 10.1. The van der Waals surface area contributed by atoms with Crippen LogP contribution in [0.15, 0.2) is 24.5 Å². The van der Waals surface area contributed by atoms with Gasteiger partial charge in [0.05, 0.1) is 6.20 Å². The van der Waals surface area contributed by atoms with Gasteiger partial charge in [-0.25, -0.2) is 4.98 Å². The van der Waals surface area contributed by atoms with Crippen molar-refractivity contribution in [3.05, 3.63) is 41.3 Å². The van der Waals surface area contributed by atoms with Crippen molar-refractivity contribution in [1.29, 1.82) is 0 Å². The van der Waals surface area contributed by atoms with Crippen molar-refractivity contribution < 1.29 is 4.79 Å². The van der Waals surface area contributed by atoms with E-state index in [-0.39, 0.29) is 5.91 Å². The molecule has 6 heteroatoms. The number of nitrogens with zero attached hydrogens (tertiary/aromatic N) is 3. The molecule has 0 spiro atoms. The molecule has 0 aliphatic rings. The minimum absolute atomic E-state index is 0.0764. The Labute approximate surface area is 124 Å². The van der Waals surface area contributed by atoms with E-state index in [9.17, 15) is 4.79 Å². The van der Waals surface area contributed by atoms with E-state index in [4.69, 9.17) is 0 Å². The van der Waals surface area contributed by atoms with Gasteiger partial charge in [-0.1, -0.05) is 6.92 Å². The van der Waals surface area contributed by atoms with Gasteiger partial charge in [0, 0.05) is 38.1 Å². The first kappa shape index (κ1) is 15.0. The van der Waals surface area contributed by atoms with Crippen LogP contribution in [0, 0.1) is 0 Å². The molecule has 21 heavy (non-hydrogen) atoms. The molecule has 0 saturated carbocycles. The van der Waals surface area contributed by atoms with Crippen molar-refractivity contribution in [3.63, 3.8) is 0 Å². The Kier molecular flexibility index (Phi) is 4.92. The Morgan fingerprint density at radius 3 is 2.81 bits per heavy atom. The van der Waals surface area contributed by atoms with E-state index < -0.39 is 0 Å².